The van der Waals surface area contributed by atoms with Crippen LogP contribution in [0.5, 0.6) is 5.75 Å². The molecule has 1 N–H and O–H groups in total. The van der Waals surface area contributed by atoms with Crippen LogP contribution in [0.15, 0.2) is 47.2 Å². The van der Waals surface area contributed by atoms with E-state index in [4.69, 9.17) is 4.74 Å². The third kappa shape index (κ3) is 2.87. The fourth-order valence-corrected chi connectivity index (χ4v) is 1.73. The van der Waals surface area contributed by atoms with E-state index in [9.17, 15) is 4.79 Å². The number of methoxy groups -OCH3 is 1. The van der Waals surface area contributed by atoms with Crippen molar-refractivity contribution in [3.63, 3.8) is 0 Å². The first-order chi connectivity index (χ1) is 8.70. The third-order valence-corrected chi connectivity index (χ3v) is 2.88. The van der Waals surface area contributed by atoms with Gasteiger partial charge in [-0.05, 0) is 30.3 Å². The van der Waals surface area contributed by atoms with Crippen LogP contribution in [0.2, 0.25) is 0 Å². The number of pyridine rings is 1. The van der Waals surface area contributed by atoms with Gasteiger partial charge in [0.25, 0.3) is 5.91 Å². The molecule has 0 bridgehead atoms. The molecule has 92 valence electrons. The van der Waals surface area contributed by atoms with Crippen LogP contribution in [-0.4, -0.2) is 18.0 Å². The third-order valence-electron chi connectivity index (χ3n) is 2.35. The molecule has 18 heavy (non-hydrogen) atoms. The zero-order valence-corrected chi connectivity index (χ0v) is 11.3. The van der Waals surface area contributed by atoms with Crippen molar-refractivity contribution < 1.29 is 9.53 Å². The summed E-state index contributed by atoms with van der Waals surface area (Å²) in [4.78, 5) is 16.0. The monoisotopic (exact) mass is 306 g/mol. The van der Waals surface area contributed by atoms with E-state index in [0.717, 1.165) is 10.2 Å². The van der Waals surface area contributed by atoms with Crippen molar-refractivity contribution in [1.29, 1.82) is 0 Å². The van der Waals surface area contributed by atoms with Crippen LogP contribution in [0, 0.1) is 0 Å². The summed E-state index contributed by atoms with van der Waals surface area (Å²) >= 11 is 3.34. The van der Waals surface area contributed by atoms with Gasteiger partial charge in [0.15, 0.2) is 0 Å². The van der Waals surface area contributed by atoms with Gasteiger partial charge in [0.05, 0.1) is 18.9 Å². The summed E-state index contributed by atoms with van der Waals surface area (Å²) < 4.78 is 6.05. The molecule has 0 aliphatic rings. The zero-order chi connectivity index (χ0) is 13.0. The maximum atomic E-state index is 12.0. The molecule has 1 amide bonds. The Morgan fingerprint density at radius 2 is 2.00 bits per heavy atom. The van der Waals surface area contributed by atoms with Crippen molar-refractivity contribution >= 4 is 27.5 Å². The smallest absolute Gasteiger partial charge is 0.259 e. The summed E-state index contributed by atoms with van der Waals surface area (Å²) in [6, 6.07) is 8.97. The van der Waals surface area contributed by atoms with Crippen LogP contribution >= 0.6 is 15.9 Å². The average molecular weight is 307 g/mol. The molecule has 1 heterocycles. The lowest BCUT2D eigenvalue weighted by Crippen LogP contribution is -2.13. The van der Waals surface area contributed by atoms with Crippen molar-refractivity contribution in [3.8, 4) is 5.75 Å². The van der Waals surface area contributed by atoms with Crippen molar-refractivity contribution in [2.75, 3.05) is 12.4 Å². The van der Waals surface area contributed by atoms with Gasteiger partial charge in [-0.25, -0.2) is 0 Å². The highest BCUT2D eigenvalue weighted by Gasteiger charge is 2.11. The summed E-state index contributed by atoms with van der Waals surface area (Å²) in [5, 5.41) is 2.79. The Bertz CT molecular complexity index is 555. The van der Waals surface area contributed by atoms with E-state index in [1.807, 2.05) is 24.3 Å². The lowest BCUT2D eigenvalue weighted by atomic mass is 10.2. The largest absolute Gasteiger partial charge is 0.494 e. The second-order valence-electron chi connectivity index (χ2n) is 3.54. The molecule has 0 atom stereocenters. The number of rotatable bonds is 3. The molecule has 0 unspecified atom stereocenters. The standard InChI is InChI=1S/C13H11BrN2O2/c1-18-12-8-15-7-6-11(12)13(17)16-10-4-2-9(14)3-5-10/h2-8H,1H3,(H,16,17). The molecule has 0 radical (unpaired) electrons. The quantitative estimate of drug-likeness (QED) is 0.948. The Kier molecular flexibility index (Phi) is 3.94. The second kappa shape index (κ2) is 5.64. The highest BCUT2D eigenvalue weighted by Crippen LogP contribution is 2.19. The van der Waals surface area contributed by atoms with E-state index in [0.29, 0.717) is 11.3 Å². The Morgan fingerprint density at radius 3 is 2.67 bits per heavy atom. The van der Waals surface area contributed by atoms with Gasteiger partial charge in [-0.2, -0.15) is 0 Å². The SMILES string of the molecule is COc1cnccc1C(=O)Nc1ccc(Br)cc1. The highest BCUT2D eigenvalue weighted by molar-refractivity contribution is 9.10. The minimum Gasteiger partial charge on any atom is -0.494 e. The Labute approximate surface area is 113 Å². The molecule has 0 aliphatic carbocycles. The van der Waals surface area contributed by atoms with Gasteiger partial charge >= 0.3 is 0 Å². The summed E-state index contributed by atoms with van der Waals surface area (Å²) in [6.07, 6.45) is 3.06. The van der Waals surface area contributed by atoms with E-state index in [1.165, 1.54) is 13.3 Å². The first kappa shape index (κ1) is 12.6. The van der Waals surface area contributed by atoms with Crippen molar-refractivity contribution in [2.45, 2.75) is 0 Å². The number of ether oxygens (including phenoxy) is 1. The molecular formula is C13H11BrN2O2. The van der Waals surface area contributed by atoms with Gasteiger partial charge in [-0.3, -0.25) is 9.78 Å². The number of carbonyl (C=O) groups excluding carboxylic acids is 1. The molecule has 1 aromatic heterocycles. The molecule has 0 aliphatic heterocycles. The average Bonchev–Trinajstić information content (AvgIpc) is 2.41. The fraction of sp³-hybridized carbons (Fsp3) is 0.0769. The minimum atomic E-state index is -0.225. The van der Waals surface area contributed by atoms with Gasteiger partial charge in [0.1, 0.15) is 5.75 Å². The number of hydrogen-bond donors (Lipinski definition) is 1. The van der Waals surface area contributed by atoms with E-state index in [2.05, 4.69) is 26.2 Å². The van der Waals surface area contributed by atoms with Gasteiger partial charge in [0, 0.05) is 16.4 Å². The van der Waals surface area contributed by atoms with Crippen LogP contribution in [0.3, 0.4) is 0 Å². The molecule has 2 aromatic rings. The normalized spacial score (nSPS) is 9.89. The number of halogens is 1. The Hall–Kier alpha value is -1.88. The number of nitrogens with one attached hydrogen (secondary N) is 1. The lowest BCUT2D eigenvalue weighted by molar-refractivity contribution is 0.102. The first-order valence-electron chi connectivity index (χ1n) is 5.25. The minimum absolute atomic E-state index is 0.225. The topological polar surface area (TPSA) is 51.2 Å². The molecule has 0 spiro atoms. The number of anilines is 1. The first-order valence-corrected chi connectivity index (χ1v) is 6.05. The molecule has 0 fully saturated rings. The van der Waals surface area contributed by atoms with E-state index in [-0.39, 0.29) is 5.91 Å². The van der Waals surface area contributed by atoms with E-state index >= 15 is 0 Å². The Balaban J connectivity index is 2.19. The van der Waals surface area contributed by atoms with E-state index < -0.39 is 0 Å². The number of amides is 1. The van der Waals surface area contributed by atoms with Gasteiger partial charge in [0.2, 0.25) is 0 Å². The maximum Gasteiger partial charge on any atom is 0.259 e. The summed E-state index contributed by atoms with van der Waals surface area (Å²) in [5.41, 5.74) is 1.18. The summed E-state index contributed by atoms with van der Waals surface area (Å²) in [5.74, 6) is 0.226. The summed E-state index contributed by atoms with van der Waals surface area (Å²) in [6.45, 7) is 0. The number of nitrogens with zero attached hydrogens (tertiary/aromatic N) is 1. The van der Waals surface area contributed by atoms with Crippen molar-refractivity contribution in [3.05, 3.63) is 52.8 Å². The van der Waals surface area contributed by atoms with Crippen molar-refractivity contribution in [2.24, 2.45) is 0 Å². The van der Waals surface area contributed by atoms with E-state index in [1.54, 1.807) is 12.3 Å². The van der Waals surface area contributed by atoms with Gasteiger partial charge < -0.3 is 10.1 Å². The summed E-state index contributed by atoms with van der Waals surface area (Å²) in [7, 11) is 1.51. The predicted molar refractivity (Wildman–Crippen MR) is 72.9 cm³/mol. The molecule has 4 nitrogen and oxygen atoms in total. The lowest BCUT2D eigenvalue weighted by Gasteiger charge is -2.08. The number of hydrogen-bond acceptors (Lipinski definition) is 3. The number of carbonyl (C=O) groups is 1. The molecular weight excluding hydrogens is 296 g/mol. The van der Waals surface area contributed by atoms with Crippen LogP contribution in [-0.2, 0) is 0 Å². The predicted octanol–water partition coefficient (Wildman–Crippen LogP) is 3.11. The fourth-order valence-electron chi connectivity index (χ4n) is 1.46. The van der Waals surface area contributed by atoms with Crippen molar-refractivity contribution in [1.82, 2.24) is 4.98 Å². The Morgan fingerprint density at radius 1 is 1.28 bits per heavy atom. The van der Waals surface area contributed by atoms with Gasteiger partial charge in [-0.1, -0.05) is 15.9 Å². The maximum absolute atomic E-state index is 12.0. The highest BCUT2D eigenvalue weighted by atomic mass is 79.9. The second-order valence-corrected chi connectivity index (χ2v) is 4.45. The van der Waals surface area contributed by atoms with Gasteiger partial charge in [-0.15, -0.1) is 0 Å². The van der Waals surface area contributed by atoms with Crippen LogP contribution in [0.1, 0.15) is 10.4 Å². The molecule has 1 aromatic carbocycles. The zero-order valence-electron chi connectivity index (χ0n) is 9.68. The van der Waals surface area contributed by atoms with Crippen LogP contribution in [0.25, 0.3) is 0 Å². The molecule has 0 saturated carbocycles. The molecule has 5 heteroatoms. The van der Waals surface area contributed by atoms with Crippen LogP contribution < -0.4 is 10.1 Å². The molecule has 2 rings (SSSR count). The number of aromatic nitrogens is 1. The molecule has 0 saturated heterocycles. The van der Waals surface area contributed by atoms with Crippen LogP contribution in [0.4, 0.5) is 5.69 Å². The number of benzene rings is 1.